The molecular formula is C21H22N6O4. The van der Waals surface area contributed by atoms with Crippen LogP contribution in [0.4, 0.5) is 11.4 Å². The van der Waals surface area contributed by atoms with E-state index in [9.17, 15) is 14.4 Å². The van der Waals surface area contributed by atoms with E-state index in [4.69, 9.17) is 10.4 Å². The molecule has 0 spiro atoms. The zero-order valence-electron chi connectivity index (χ0n) is 16.8. The number of hydrogen-bond donors (Lipinski definition) is 4. The summed E-state index contributed by atoms with van der Waals surface area (Å²) in [5.74, 6) is -1.76. The van der Waals surface area contributed by atoms with Crippen molar-refractivity contribution in [2.45, 2.75) is 19.1 Å². The van der Waals surface area contributed by atoms with Crippen molar-refractivity contribution in [1.82, 2.24) is 15.3 Å². The van der Waals surface area contributed by atoms with Crippen LogP contribution in [0, 0.1) is 11.5 Å². The number of hydrazine groups is 1. The van der Waals surface area contributed by atoms with Gasteiger partial charge in [0.1, 0.15) is 0 Å². The van der Waals surface area contributed by atoms with Crippen molar-refractivity contribution < 1.29 is 19.5 Å². The molecule has 31 heavy (non-hydrogen) atoms. The van der Waals surface area contributed by atoms with Gasteiger partial charge in [-0.2, -0.15) is 15.3 Å². The normalized spacial score (nSPS) is 16.7. The van der Waals surface area contributed by atoms with Gasteiger partial charge < -0.3 is 21.1 Å². The van der Waals surface area contributed by atoms with E-state index in [1.807, 2.05) is 6.19 Å². The van der Waals surface area contributed by atoms with E-state index in [2.05, 4.69) is 16.0 Å². The van der Waals surface area contributed by atoms with Crippen LogP contribution in [0.25, 0.3) is 0 Å². The molecule has 2 amide bonds. The van der Waals surface area contributed by atoms with Gasteiger partial charge in [-0.3, -0.25) is 14.4 Å². The first-order valence-corrected chi connectivity index (χ1v) is 9.55. The third-order valence-corrected chi connectivity index (χ3v) is 4.70. The van der Waals surface area contributed by atoms with Gasteiger partial charge >= 0.3 is 5.97 Å². The molecule has 2 unspecified atom stereocenters. The largest absolute Gasteiger partial charge is 0.481 e. The Balaban J connectivity index is 1.53. The van der Waals surface area contributed by atoms with Gasteiger partial charge in [-0.25, -0.2) is 0 Å². The summed E-state index contributed by atoms with van der Waals surface area (Å²) in [6.07, 6.45) is 2.00. The second-order valence-corrected chi connectivity index (χ2v) is 6.90. The number of carbonyl (C=O) groups is 3. The van der Waals surface area contributed by atoms with Crippen LogP contribution in [-0.4, -0.2) is 52.8 Å². The molecule has 1 fully saturated rings. The van der Waals surface area contributed by atoms with Crippen molar-refractivity contribution >= 4 is 29.2 Å². The topological polar surface area (TPSA) is 137 Å². The Morgan fingerprint density at radius 2 is 1.94 bits per heavy atom. The van der Waals surface area contributed by atoms with Crippen LogP contribution in [0.1, 0.15) is 22.3 Å². The number of benzene rings is 2. The number of aliphatic carboxylic acids is 1. The quantitative estimate of drug-likeness (QED) is 0.352. The van der Waals surface area contributed by atoms with Crippen LogP contribution in [-0.2, 0) is 16.0 Å². The molecule has 4 N–H and O–H groups in total. The lowest BCUT2D eigenvalue weighted by atomic mass is 10.1. The first-order valence-electron chi connectivity index (χ1n) is 9.55. The summed E-state index contributed by atoms with van der Waals surface area (Å²) in [6.45, 7) is -0.239. The highest BCUT2D eigenvalue weighted by molar-refractivity contribution is 6.00. The molecule has 2 atom stereocenters. The molecule has 160 valence electrons. The van der Waals surface area contributed by atoms with E-state index < -0.39 is 17.8 Å². The Hall–Kier alpha value is -4.10. The smallest absolute Gasteiger partial charge is 0.303 e. The minimum atomic E-state index is -0.918. The molecule has 1 aliphatic rings. The minimum absolute atomic E-state index is 0.0449. The summed E-state index contributed by atoms with van der Waals surface area (Å²) in [4.78, 5) is 35.5. The Labute approximate surface area is 179 Å². The third-order valence-electron chi connectivity index (χ3n) is 4.70. The number of nitrogens with zero attached hydrogens (tertiary/aromatic N) is 3. The van der Waals surface area contributed by atoms with Gasteiger partial charge in [0.25, 0.3) is 5.91 Å². The maximum absolute atomic E-state index is 12.4. The fraction of sp³-hybridized carbons (Fsp3) is 0.238. The van der Waals surface area contributed by atoms with Crippen LogP contribution in [0.15, 0.2) is 48.5 Å². The van der Waals surface area contributed by atoms with E-state index in [1.165, 1.54) is 5.01 Å². The number of nitrogens with one attached hydrogen (secondary N) is 3. The first kappa shape index (κ1) is 21.6. The first-order chi connectivity index (χ1) is 14.9. The minimum Gasteiger partial charge on any atom is -0.481 e. The molecule has 0 aromatic heterocycles. The lowest BCUT2D eigenvalue weighted by molar-refractivity contribution is -0.137. The van der Waals surface area contributed by atoms with Crippen LogP contribution in [0.5, 0.6) is 0 Å². The van der Waals surface area contributed by atoms with Gasteiger partial charge in [-0.05, 0) is 36.2 Å². The van der Waals surface area contributed by atoms with Crippen molar-refractivity contribution in [2.24, 2.45) is 0 Å². The number of nitriles is 1. The number of hydrogen-bond acceptors (Lipinski definition) is 7. The van der Waals surface area contributed by atoms with Gasteiger partial charge in [0.2, 0.25) is 5.91 Å². The Morgan fingerprint density at radius 3 is 2.65 bits per heavy atom. The molecule has 0 aliphatic carbocycles. The van der Waals surface area contributed by atoms with Gasteiger partial charge in [-0.1, -0.05) is 24.3 Å². The maximum atomic E-state index is 12.4. The highest BCUT2D eigenvalue weighted by Crippen LogP contribution is 2.24. The highest BCUT2D eigenvalue weighted by atomic mass is 16.4. The molecule has 3 rings (SSSR count). The standard InChI is InChI=1S/C21H22N6O4/c1-26-21(27(26)13-22)24-16-7-4-6-15(11-16)20(31)23-12-18(28)25-17-8-3-2-5-14(17)9-10-19(29)30/h2-8,11,21,24H,9-10,12H2,1H3,(H,23,31)(H,25,28)(H,29,30). The molecular weight excluding hydrogens is 400 g/mol. The van der Waals surface area contributed by atoms with E-state index in [0.717, 1.165) is 0 Å². The van der Waals surface area contributed by atoms with Gasteiger partial charge in [0, 0.05) is 30.4 Å². The van der Waals surface area contributed by atoms with Crippen LogP contribution in [0.3, 0.4) is 0 Å². The Morgan fingerprint density at radius 1 is 1.16 bits per heavy atom. The second kappa shape index (κ2) is 9.60. The number of carbonyl (C=O) groups excluding carboxylic acids is 2. The number of carboxylic acids is 1. The van der Waals surface area contributed by atoms with Gasteiger partial charge in [-0.15, -0.1) is 0 Å². The highest BCUT2D eigenvalue weighted by Gasteiger charge is 2.41. The molecule has 1 heterocycles. The van der Waals surface area contributed by atoms with Crippen LogP contribution in [0.2, 0.25) is 0 Å². The molecule has 2 aromatic carbocycles. The van der Waals surface area contributed by atoms with Crippen molar-refractivity contribution in [3.05, 3.63) is 59.7 Å². The summed E-state index contributed by atoms with van der Waals surface area (Å²) in [5, 5.41) is 29.3. The number of aryl methyl sites for hydroxylation is 1. The monoisotopic (exact) mass is 422 g/mol. The van der Waals surface area contributed by atoms with Crippen LogP contribution >= 0.6 is 0 Å². The molecule has 1 aliphatic heterocycles. The number of para-hydroxylation sites is 1. The SMILES string of the molecule is CN1C(Nc2cccc(C(=O)NCC(=O)Nc3ccccc3CCC(=O)O)c2)N1C#N. The fourth-order valence-corrected chi connectivity index (χ4v) is 2.99. The summed E-state index contributed by atoms with van der Waals surface area (Å²) >= 11 is 0. The lowest BCUT2D eigenvalue weighted by Gasteiger charge is -2.11. The predicted octanol–water partition coefficient (Wildman–Crippen LogP) is 1.41. The zero-order valence-corrected chi connectivity index (χ0v) is 16.8. The summed E-state index contributed by atoms with van der Waals surface area (Å²) in [5.41, 5.74) is 2.26. The Kier molecular flexibility index (Phi) is 6.69. The van der Waals surface area contributed by atoms with Crippen LogP contribution < -0.4 is 16.0 Å². The molecule has 0 saturated carbocycles. The average molecular weight is 422 g/mol. The van der Waals surface area contributed by atoms with E-state index in [0.29, 0.717) is 22.5 Å². The molecule has 10 heteroatoms. The fourth-order valence-electron chi connectivity index (χ4n) is 2.99. The molecule has 0 bridgehead atoms. The summed E-state index contributed by atoms with van der Waals surface area (Å²) in [6, 6.07) is 13.7. The predicted molar refractivity (Wildman–Crippen MR) is 112 cm³/mol. The molecule has 0 radical (unpaired) electrons. The van der Waals surface area contributed by atoms with E-state index in [-0.39, 0.29) is 25.7 Å². The lowest BCUT2D eigenvalue weighted by Crippen LogP contribution is -2.33. The molecule has 1 saturated heterocycles. The summed E-state index contributed by atoms with van der Waals surface area (Å²) in [7, 11) is 1.76. The third kappa shape index (κ3) is 5.71. The number of rotatable bonds is 9. The van der Waals surface area contributed by atoms with E-state index >= 15 is 0 Å². The maximum Gasteiger partial charge on any atom is 0.303 e. The van der Waals surface area contributed by atoms with Crippen molar-refractivity contribution in [3.63, 3.8) is 0 Å². The number of amides is 2. The van der Waals surface area contributed by atoms with Crippen molar-refractivity contribution in [3.8, 4) is 6.19 Å². The number of anilines is 2. The molecule has 2 aromatic rings. The molecule has 10 nitrogen and oxygen atoms in total. The van der Waals surface area contributed by atoms with Crippen molar-refractivity contribution in [2.75, 3.05) is 24.2 Å². The van der Waals surface area contributed by atoms with Crippen molar-refractivity contribution in [1.29, 1.82) is 5.26 Å². The van der Waals surface area contributed by atoms with Gasteiger partial charge in [0.05, 0.1) is 6.54 Å². The van der Waals surface area contributed by atoms with E-state index in [1.54, 1.807) is 60.6 Å². The summed E-state index contributed by atoms with van der Waals surface area (Å²) < 4.78 is 0. The number of carboxylic acid groups (broad SMARTS) is 1. The average Bonchev–Trinajstić information content (AvgIpc) is 3.38. The Bertz CT molecular complexity index is 1030. The van der Waals surface area contributed by atoms with Gasteiger partial charge in [0.15, 0.2) is 12.5 Å². The second-order valence-electron chi connectivity index (χ2n) is 6.90. The zero-order chi connectivity index (χ0) is 22.4.